The van der Waals surface area contributed by atoms with E-state index in [9.17, 15) is 22.8 Å². The Balaban J connectivity index is 2.50. The van der Waals surface area contributed by atoms with Crippen LogP contribution in [0.3, 0.4) is 0 Å². The van der Waals surface area contributed by atoms with E-state index in [-0.39, 0.29) is 19.0 Å². The Morgan fingerprint density at radius 2 is 2.25 bits per heavy atom. The average Bonchev–Trinajstić information content (AvgIpc) is 2.17. The Bertz CT molecular complexity index is 293. The molecule has 0 radical (unpaired) electrons. The smallest absolute Gasteiger partial charge is 0.353 e. The van der Waals surface area contributed by atoms with Crippen LogP contribution < -0.4 is 10.6 Å². The van der Waals surface area contributed by atoms with Gasteiger partial charge in [-0.2, -0.15) is 13.2 Å². The first-order valence-corrected chi connectivity index (χ1v) is 4.70. The number of rotatable bonds is 1. The van der Waals surface area contributed by atoms with Crippen LogP contribution in [0.15, 0.2) is 0 Å². The Kier molecular flexibility index (Phi) is 3.61. The van der Waals surface area contributed by atoms with Gasteiger partial charge in [0, 0.05) is 13.1 Å². The lowest BCUT2D eigenvalue weighted by Crippen LogP contribution is -2.58. The summed E-state index contributed by atoms with van der Waals surface area (Å²) in [6, 6.07) is -1.62. The van der Waals surface area contributed by atoms with E-state index in [1.807, 2.05) is 0 Å². The van der Waals surface area contributed by atoms with Crippen LogP contribution in [0.2, 0.25) is 0 Å². The minimum Gasteiger partial charge on any atom is -0.353 e. The van der Waals surface area contributed by atoms with E-state index in [4.69, 9.17) is 0 Å². The molecule has 1 unspecified atom stereocenters. The van der Waals surface area contributed by atoms with Gasteiger partial charge in [-0.05, 0) is 6.92 Å². The predicted molar refractivity (Wildman–Crippen MR) is 48.6 cm³/mol. The third kappa shape index (κ3) is 3.28. The predicted octanol–water partition coefficient (Wildman–Crippen LogP) is 0.0786. The maximum Gasteiger partial charge on any atom is 0.405 e. The van der Waals surface area contributed by atoms with Gasteiger partial charge in [0.05, 0.1) is 0 Å². The summed E-state index contributed by atoms with van der Waals surface area (Å²) < 4.78 is 35.5. The van der Waals surface area contributed by atoms with E-state index < -0.39 is 24.8 Å². The fourth-order valence-corrected chi connectivity index (χ4v) is 1.34. The van der Waals surface area contributed by atoms with E-state index in [0.717, 1.165) is 4.90 Å². The van der Waals surface area contributed by atoms with Crippen LogP contribution in [-0.2, 0) is 4.79 Å². The lowest BCUT2D eigenvalue weighted by atomic mass is 10.2. The first-order chi connectivity index (χ1) is 7.31. The summed E-state index contributed by atoms with van der Waals surface area (Å²) in [5.41, 5.74) is 0. The van der Waals surface area contributed by atoms with Crippen LogP contribution in [0.25, 0.3) is 0 Å². The summed E-state index contributed by atoms with van der Waals surface area (Å²) in [5.74, 6) is -0.367. The molecule has 1 aliphatic heterocycles. The highest BCUT2D eigenvalue weighted by atomic mass is 19.4. The molecule has 0 saturated carbocycles. The molecule has 1 heterocycles. The summed E-state index contributed by atoms with van der Waals surface area (Å²) in [6.07, 6.45) is -4.45. The molecule has 0 aliphatic carbocycles. The summed E-state index contributed by atoms with van der Waals surface area (Å²) in [6.45, 7) is 0.525. The number of hydrogen-bond acceptors (Lipinski definition) is 2. The zero-order chi connectivity index (χ0) is 12.3. The second kappa shape index (κ2) is 4.58. The molecule has 3 amide bonds. The summed E-state index contributed by atoms with van der Waals surface area (Å²) in [7, 11) is 0. The minimum absolute atomic E-state index is 0.205. The maximum absolute atomic E-state index is 11.8. The van der Waals surface area contributed by atoms with Gasteiger partial charge in [-0.3, -0.25) is 4.79 Å². The van der Waals surface area contributed by atoms with Gasteiger partial charge in [0.2, 0.25) is 5.91 Å². The first-order valence-electron chi connectivity index (χ1n) is 4.70. The fourth-order valence-electron chi connectivity index (χ4n) is 1.34. The van der Waals surface area contributed by atoms with Gasteiger partial charge < -0.3 is 15.5 Å². The molecule has 0 aromatic rings. The van der Waals surface area contributed by atoms with Crippen molar-refractivity contribution in [2.45, 2.75) is 19.1 Å². The number of hydrogen-bond donors (Lipinski definition) is 2. The van der Waals surface area contributed by atoms with Crippen molar-refractivity contribution in [3.8, 4) is 0 Å². The van der Waals surface area contributed by atoms with Crippen LogP contribution in [0.4, 0.5) is 18.0 Å². The molecule has 92 valence electrons. The number of carbonyl (C=O) groups excluding carboxylic acids is 2. The van der Waals surface area contributed by atoms with Crippen molar-refractivity contribution < 1.29 is 22.8 Å². The number of alkyl halides is 3. The van der Waals surface area contributed by atoms with Gasteiger partial charge in [-0.1, -0.05) is 0 Å². The zero-order valence-electron chi connectivity index (χ0n) is 8.60. The SMILES string of the molecule is CC1C(=O)NCCN1C(=O)NCC(F)(F)F. The highest BCUT2D eigenvalue weighted by Gasteiger charge is 2.32. The molecule has 16 heavy (non-hydrogen) atoms. The highest BCUT2D eigenvalue weighted by molar-refractivity contribution is 5.87. The number of nitrogens with zero attached hydrogens (tertiary/aromatic N) is 1. The molecule has 0 spiro atoms. The summed E-state index contributed by atoms with van der Waals surface area (Å²) >= 11 is 0. The van der Waals surface area contributed by atoms with E-state index in [0.29, 0.717) is 0 Å². The molecule has 0 aromatic carbocycles. The number of urea groups is 1. The Morgan fingerprint density at radius 1 is 1.62 bits per heavy atom. The summed E-state index contributed by atoms with van der Waals surface area (Å²) in [5, 5.41) is 4.23. The van der Waals surface area contributed by atoms with Gasteiger partial charge in [-0.15, -0.1) is 0 Å². The molecule has 1 atom stereocenters. The molecule has 0 aromatic heterocycles. The number of amides is 3. The van der Waals surface area contributed by atoms with Gasteiger partial charge >= 0.3 is 12.2 Å². The normalized spacial score (nSPS) is 21.6. The Morgan fingerprint density at radius 3 is 2.81 bits per heavy atom. The van der Waals surface area contributed by atoms with E-state index in [1.54, 1.807) is 5.32 Å². The Hall–Kier alpha value is -1.47. The second-order valence-corrected chi connectivity index (χ2v) is 3.43. The average molecular weight is 239 g/mol. The fraction of sp³-hybridized carbons (Fsp3) is 0.750. The topological polar surface area (TPSA) is 61.4 Å². The van der Waals surface area contributed by atoms with Crippen LogP contribution in [0.1, 0.15) is 6.92 Å². The molecule has 8 heteroatoms. The summed E-state index contributed by atoms with van der Waals surface area (Å²) in [4.78, 5) is 23.6. The zero-order valence-corrected chi connectivity index (χ0v) is 8.60. The lowest BCUT2D eigenvalue weighted by molar-refractivity contribution is -0.127. The van der Waals surface area contributed by atoms with Gasteiger partial charge in [0.15, 0.2) is 0 Å². The van der Waals surface area contributed by atoms with Crippen molar-refractivity contribution in [1.82, 2.24) is 15.5 Å². The minimum atomic E-state index is -4.45. The molecule has 0 bridgehead atoms. The third-order valence-corrected chi connectivity index (χ3v) is 2.20. The van der Waals surface area contributed by atoms with Gasteiger partial charge in [-0.25, -0.2) is 4.79 Å². The number of halogens is 3. The standard InChI is InChI=1S/C8H12F3N3O2/c1-5-6(15)12-2-3-14(5)7(16)13-4-8(9,10)11/h5H,2-4H2,1H3,(H,12,15)(H,13,16). The molecule has 1 fully saturated rings. The molecule has 1 aliphatic rings. The van der Waals surface area contributed by atoms with E-state index in [1.165, 1.54) is 6.92 Å². The van der Waals surface area contributed by atoms with Gasteiger partial charge in [0.1, 0.15) is 12.6 Å². The maximum atomic E-state index is 11.8. The number of carbonyl (C=O) groups is 2. The van der Waals surface area contributed by atoms with Crippen molar-refractivity contribution in [1.29, 1.82) is 0 Å². The van der Waals surface area contributed by atoms with Crippen molar-refractivity contribution in [2.75, 3.05) is 19.6 Å². The number of nitrogens with one attached hydrogen (secondary N) is 2. The van der Waals surface area contributed by atoms with Crippen molar-refractivity contribution >= 4 is 11.9 Å². The van der Waals surface area contributed by atoms with E-state index >= 15 is 0 Å². The molecular formula is C8H12F3N3O2. The molecule has 1 saturated heterocycles. The van der Waals surface area contributed by atoms with Gasteiger partial charge in [0.25, 0.3) is 0 Å². The Labute approximate surface area is 90.0 Å². The quantitative estimate of drug-likeness (QED) is 0.680. The van der Waals surface area contributed by atoms with Crippen molar-refractivity contribution in [3.63, 3.8) is 0 Å². The monoisotopic (exact) mass is 239 g/mol. The van der Waals surface area contributed by atoms with Crippen LogP contribution in [0.5, 0.6) is 0 Å². The van der Waals surface area contributed by atoms with Crippen LogP contribution in [0, 0.1) is 0 Å². The van der Waals surface area contributed by atoms with Crippen molar-refractivity contribution in [3.05, 3.63) is 0 Å². The largest absolute Gasteiger partial charge is 0.405 e. The second-order valence-electron chi connectivity index (χ2n) is 3.43. The van der Waals surface area contributed by atoms with E-state index in [2.05, 4.69) is 5.32 Å². The molecule has 1 rings (SSSR count). The van der Waals surface area contributed by atoms with Crippen molar-refractivity contribution in [2.24, 2.45) is 0 Å². The van der Waals surface area contributed by atoms with Crippen LogP contribution in [-0.4, -0.2) is 48.7 Å². The third-order valence-electron chi connectivity index (χ3n) is 2.20. The molecular weight excluding hydrogens is 227 g/mol. The number of piperazine rings is 1. The lowest BCUT2D eigenvalue weighted by Gasteiger charge is -2.32. The first kappa shape index (κ1) is 12.6. The molecule has 2 N–H and O–H groups in total. The highest BCUT2D eigenvalue weighted by Crippen LogP contribution is 2.13. The van der Waals surface area contributed by atoms with Crippen LogP contribution >= 0.6 is 0 Å². The molecule has 5 nitrogen and oxygen atoms in total.